The van der Waals surface area contributed by atoms with Crippen LogP contribution in [0.15, 0.2) is 33.6 Å². The fourth-order valence-corrected chi connectivity index (χ4v) is 2.38. The maximum absolute atomic E-state index is 8.90. The van der Waals surface area contributed by atoms with Crippen LogP contribution in [0.3, 0.4) is 0 Å². The van der Waals surface area contributed by atoms with E-state index in [1.165, 1.54) is 0 Å². The van der Waals surface area contributed by atoms with Gasteiger partial charge in [0, 0.05) is 11.8 Å². The predicted molar refractivity (Wildman–Crippen MR) is 57.6 cm³/mol. The highest BCUT2D eigenvalue weighted by molar-refractivity contribution is 6.08. The van der Waals surface area contributed by atoms with Crippen LogP contribution in [0.25, 0.3) is 0 Å². The van der Waals surface area contributed by atoms with Gasteiger partial charge in [-0.1, -0.05) is 21.5 Å². The molecule has 80 valence electrons. The summed E-state index contributed by atoms with van der Waals surface area (Å²) in [5.41, 5.74) is 3.56. The van der Waals surface area contributed by atoms with Crippen molar-refractivity contribution < 1.29 is 10.4 Å². The largest absolute Gasteiger partial charge is 0.411 e. The van der Waals surface area contributed by atoms with Gasteiger partial charge in [-0.25, -0.2) is 0 Å². The molecule has 2 atom stereocenters. The van der Waals surface area contributed by atoms with Gasteiger partial charge in [-0.3, -0.25) is 0 Å². The smallest absolute Gasteiger partial charge is 0.0866 e. The quantitative estimate of drug-likeness (QED) is 0.471. The summed E-state index contributed by atoms with van der Waals surface area (Å²) < 4.78 is 0. The molecule has 2 aliphatic carbocycles. The van der Waals surface area contributed by atoms with E-state index < -0.39 is 0 Å². The third-order valence-corrected chi connectivity index (χ3v) is 3.27. The molecule has 4 nitrogen and oxygen atoms in total. The van der Waals surface area contributed by atoms with E-state index in [1.54, 1.807) is 0 Å². The van der Waals surface area contributed by atoms with Gasteiger partial charge in [0.05, 0.1) is 11.4 Å². The molecule has 2 rings (SSSR count). The monoisotopic (exact) mass is 206 g/mol. The Kier molecular flexibility index (Phi) is 2.34. The number of oxime groups is 2. The first kappa shape index (κ1) is 9.96. The van der Waals surface area contributed by atoms with E-state index in [9.17, 15) is 0 Å². The van der Waals surface area contributed by atoms with E-state index in [-0.39, 0.29) is 11.8 Å². The van der Waals surface area contributed by atoms with Gasteiger partial charge in [0.1, 0.15) is 0 Å². The molecule has 0 aliphatic heterocycles. The van der Waals surface area contributed by atoms with Crippen molar-refractivity contribution in [3.8, 4) is 0 Å². The molecular formula is C11H14N2O2. The van der Waals surface area contributed by atoms with Crippen LogP contribution < -0.4 is 0 Å². The lowest BCUT2D eigenvalue weighted by atomic mass is 9.71. The Morgan fingerprint density at radius 1 is 1.00 bits per heavy atom. The summed E-state index contributed by atoms with van der Waals surface area (Å²) in [5, 5.41) is 24.4. The van der Waals surface area contributed by atoms with Crippen molar-refractivity contribution in [1.29, 1.82) is 0 Å². The van der Waals surface area contributed by atoms with Crippen LogP contribution in [-0.2, 0) is 0 Å². The lowest BCUT2D eigenvalue weighted by molar-refractivity contribution is 0.311. The fourth-order valence-electron chi connectivity index (χ4n) is 2.38. The first-order valence-corrected chi connectivity index (χ1v) is 4.97. The zero-order valence-corrected chi connectivity index (χ0v) is 8.81. The van der Waals surface area contributed by atoms with Gasteiger partial charge in [-0.2, -0.15) is 0 Å². The van der Waals surface area contributed by atoms with Gasteiger partial charge >= 0.3 is 0 Å². The molecular weight excluding hydrogens is 192 g/mol. The highest BCUT2D eigenvalue weighted by atomic mass is 16.4. The van der Waals surface area contributed by atoms with Crippen LogP contribution in [0.5, 0.6) is 0 Å². The summed E-state index contributed by atoms with van der Waals surface area (Å²) in [6.45, 7) is 3.93. The summed E-state index contributed by atoms with van der Waals surface area (Å²) in [4.78, 5) is 0. The summed E-state index contributed by atoms with van der Waals surface area (Å²) in [5.74, 6) is 0.323. The Morgan fingerprint density at radius 2 is 1.40 bits per heavy atom. The molecule has 0 aromatic carbocycles. The predicted octanol–water partition coefficient (Wildman–Crippen LogP) is 2.19. The lowest BCUT2D eigenvalue weighted by Gasteiger charge is -2.33. The molecule has 0 amide bonds. The van der Waals surface area contributed by atoms with E-state index in [0.29, 0.717) is 11.4 Å². The highest BCUT2D eigenvalue weighted by Crippen LogP contribution is 2.37. The van der Waals surface area contributed by atoms with Crippen molar-refractivity contribution in [2.75, 3.05) is 0 Å². The Morgan fingerprint density at radius 3 is 1.73 bits per heavy atom. The van der Waals surface area contributed by atoms with Crippen LogP contribution in [0.4, 0.5) is 0 Å². The van der Waals surface area contributed by atoms with Crippen LogP contribution in [-0.4, -0.2) is 21.8 Å². The molecule has 2 unspecified atom stereocenters. The number of nitrogens with zero attached hydrogens (tertiary/aromatic N) is 2. The molecule has 2 N–H and O–H groups in total. The Bertz CT molecular complexity index is 367. The number of hydrogen-bond donors (Lipinski definition) is 2. The topological polar surface area (TPSA) is 65.2 Å². The Balaban J connectivity index is 2.50. The van der Waals surface area contributed by atoms with E-state index in [1.807, 2.05) is 26.0 Å². The number of hydrogen-bond acceptors (Lipinski definition) is 4. The van der Waals surface area contributed by atoms with Crippen molar-refractivity contribution in [2.45, 2.75) is 20.3 Å². The molecule has 0 fully saturated rings. The van der Waals surface area contributed by atoms with Crippen molar-refractivity contribution in [3.63, 3.8) is 0 Å². The first-order valence-electron chi connectivity index (χ1n) is 4.97. The molecule has 0 saturated carbocycles. The SMILES string of the molecule is CC1=C/C(=N\O)C2CC1/C(=N/O)C=C2C. The van der Waals surface area contributed by atoms with Crippen LogP contribution >= 0.6 is 0 Å². The summed E-state index contributed by atoms with van der Waals surface area (Å²) >= 11 is 0. The first-order chi connectivity index (χ1) is 7.17. The minimum absolute atomic E-state index is 0.161. The molecule has 0 saturated heterocycles. The zero-order chi connectivity index (χ0) is 11.0. The maximum atomic E-state index is 8.90. The van der Waals surface area contributed by atoms with Crippen LogP contribution in [0.1, 0.15) is 20.3 Å². The average molecular weight is 206 g/mol. The second kappa shape index (κ2) is 3.53. The van der Waals surface area contributed by atoms with Crippen molar-refractivity contribution in [3.05, 3.63) is 23.3 Å². The standard InChI is InChI=1S/C11H14N2O2/c1-6-3-10(12-14)9-5-8(6)11(13-15)4-7(9)2/h3-4,8-9,14-15H,5H2,1-2H3/b12-10+,13-11+. The van der Waals surface area contributed by atoms with Gasteiger partial charge in [0.15, 0.2) is 0 Å². The molecule has 0 aromatic rings. The van der Waals surface area contributed by atoms with E-state index >= 15 is 0 Å². The van der Waals surface area contributed by atoms with Gasteiger partial charge in [-0.05, 0) is 32.4 Å². The molecule has 4 heteroatoms. The van der Waals surface area contributed by atoms with Gasteiger partial charge in [0.25, 0.3) is 0 Å². The molecule has 15 heavy (non-hydrogen) atoms. The molecule has 2 bridgehead atoms. The van der Waals surface area contributed by atoms with Crippen molar-refractivity contribution >= 4 is 11.4 Å². The Hall–Kier alpha value is -1.58. The van der Waals surface area contributed by atoms with Crippen molar-refractivity contribution in [2.24, 2.45) is 22.1 Å². The Labute approximate surface area is 88.3 Å². The van der Waals surface area contributed by atoms with Gasteiger partial charge in [0.2, 0.25) is 0 Å². The molecule has 0 aromatic heterocycles. The average Bonchev–Trinajstić information content (AvgIpc) is 2.25. The van der Waals surface area contributed by atoms with Crippen molar-refractivity contribution in [1.82, 2.24) is 0 Å². The van der Waals surface area contributed by atoms with Crippen LogP contribution in [0, 0.1) is 11.8 Å². The highest BCUT2D eigenvalue weighted by Gasteiger charge is 2.34. The molecule has 2 aliphatic rings. The van der Waals surface area contributed by atoms with Gasteiger partial charge < -0.3 is 10.4 Å². The van der Waals surface area contributed by atoms with Gasteiger partial charge in [-0.15, -0.1) is 0 Å². The molecule has 0 heterocycles. The van der Waals surface area contributed by atoms with E-state index in [2.05, 4.69) is 10.3 Å². The maximum Gasteiger partial charge on any atom is 0.0866 e. The molecule has 0 radical (unpaired) electrons. The fraction of sp³-hybridized carbons (Fsp3) is 0.455. The number of rotatable bonds is 0. The normalized spacial score (nSPS) is 35.3. The number of allylic oxidation sites excluding steroid dienone is 4. The third-order valence-electron chi connectivity index (χ3n) is 3.27. The van der Waals surface area contributed by atoms with E-state index in [0.717, 1.165) is 17.6 Å². The minimum Gasteiger partial charge on any atom is -0.411 e. The molecule has 0 spiro atoms. The second-order valence-corrected chi connectivity index (χ2v) is 4.17. The summed E-state index contributed by atoms with van der Waals surface area (Å²) in [6, 6.07) is 0. The minimum atomic E-state index is 0.161. The van der Waals surface area contributed by atoms with E-state index in [4.69, 9.17) is 10.4 Å². The number of fused-ring (bicyclic) bond motifs is 2. The van der Waals surface area contributed by atoms with Crippen LogP contribution in [0.2, 0.25) is 0 Å². The lowest BCUT2D eigenvalue weighted by Crippen LogP contribution is -2.32. The third kappa shape index (κ3) is 1.46. The summed E-state index contributed by atoms with van der Waals surface area (Å²) in [7, 11) is 0. The second-order valence-electron chi connectivity index (χ2n) is 4.17. The zero-order valence-electron chi connectivity index (χ0n) is 8.81. The summed E-state index contributed by atoms with van der Waals surface area (Å²) in [6.07, 6.45) is 4.59.